The summed E-state index contributed by atoms with van der Waals surface area (Å²) in [6.07, 6.45) is 0.743. The Hall–Kier alpha value is -1.63. The van der Waals surface area contributed by atoms with Crippen LogP contribution in [-0.2, 0) is 14.4 Å². The molecule has 19 heavy (non-hydrogen) atoms. The highest BCUT2D eigenvalue weighted by molar-refractivity contribution is 5.89. The molecule has 1 heterocycles. The molecule has 7 nitrogen and oxygen atoms in total. The van der Waals surface area contributed by atoms with E-state index in [2.05, 4.69) is 16.0 Å². The fourth-order valence-electron chi connectivity index (χ4n) is 2.23. The monoisotopic (exact) mass is 271 g/mol. The van der Waals surface area contributed by atoms with E-state index in [-0.39, 0.29) is 18.4 Å². The number of carbonyl (C=O) groups is 3. The molecule has 108 valence electrons. The van der Waals surface area contributed by atoms with Gasteiger partial charge in [0.15, 0.2) is 0 Å². The Bertz CT molecular complexity index is 362. The van der Waals surface area contributed by atoms with E-state index >= 15 is 0 Å². The van der Waals surface area contributed by atoms with Gasteiger partial charge in [-0.05, 0) is 18.9 Å². The Morgan fingerprint density at radius 3 is 2.42 bits per heavy atom. The molecule has 1 saturated heterocycles. The summed E-state index contributed by atoms with van der Waals surface area (Å²) in [5.41, 5.74) is -0.479. The molecule has 0 bridgehead atoms. The Balaban J connectivity index is 2.45. The number of carbonyl (C=O) groups excluding carboxylic acids is 2. The van der Waals surface area contributed by atoms with Gasteiger partial charge < -0.3 is 21.1 Å². The first-order valence-electron chi connectivity index (χ1n) is 6.36. The number of hydrogen-bond acceptors (Lipinski definition) is 4. The third kappa shape index (κ3) is 3.92. The van der Waals surface area contributed by atoms with E-state index in [1.807, 2.05) is 13.8 Å². The van der Waals surface area contributed by atoms with Crippen LogP contribution in [0.25, 0.3) is 0 Å². The third-order valence-electron chi connectivity index (χ3n) is 3.59. The molecule has 0 radical (unpaired) electrons. The second kappa shape index (κ2) is 6.51. The van der Waals surface area contributed by atoms with Gasteiger partial charge in [-0.25, -0.2) is 0 Å². The van der Waals surface area contributed by atoms with Gasteiger partial charge in [0.05, 0.1) is 12.0 Å². The Morgan fingerprint density at radius 2 is 1.95 bits per heavy atom. The van der Waals surface area contributed by atoms with Crippen molar-refractivity contribution in [1.29, 1.82) is 0 Å². The Morgan fingerprint density at radius 1 is 1.26 bits per heavy atom. The highest BCUT2D eigenvalue weighted by Crippen LogP contribution is 2.34. The smallest absolute Gasteiger partial charge is 0.322 e. The van der Waals surface area contributed by atoms with Crippen molar-refractivity contribution in [3.63, 3.8) is 0 Å². The first-order valence-corrected chi connectivity index (χ1v) is 6.36. The minimum Gasteiger partial charge on any atom is -0.480 e. The normalized spacial score (nSPS) is 22.3. The highest BCUT2D eigenvalue weighted by atomic mass is 16.4. The highest BCUT2D eigenvalue weighted by Gasteiger charge is 2.43. The molecule has 0 aromatic rings. The van der Waals surface area contributed by atoms with Crippen molar-refractivity contribution >= 4 is 17.8 Å². The summed E-state index contributed by atoms with van der Waals surface area (Å²) in [6.45, 7) is 4.73. The summed E-state index contributed by atoms with van der Waals surface area (Å²) >= 11 is 0. The summed E-state index contributed by atoms with van der Waals surface area (Å²) in [4.78, 5) is 33.8. The van der Waals surface area contributed by atoms with Gasteiger partial charge in [0.2, 0.25) is 11.8 Å². The molecule has 1 unspecified atom stereocenters. The summed E-state index contributed by atoms with van der Waals surface area (Å²) in [5, 5.41) is 16.4. The average Bonchev–Trinajstić information content (AvgIpc) is 2.83. The second-order valence-electron chi connectivity index (χ2n) is 5.09. The number of rotatable bonds is 6. The van der Waals surface area contributed by atoms with Crippen LogP contribution in [0.5, 0.6) is 0 Å². The molecule has 1 aliphatic heterocycles. The van der Waals surface area contributed by atoms with E-state index in [1.54, 1.807) is 0 Å². The lowest BCUT2D eigenvalue weighted by Gasteiger charge is -2.30. The number of carboxylic acid groups (broad SMARTS) is 1. The van der Waals surface area contributed by atoms with Crippen molar-refractivity contribution < 1.29 is 19.5 Å². The van der Waals surface area contributed by atoms with Gasteiger partial charge >= 0.3 is 5.97 Å². The molecular weight excluding hydrogens is 250 g/mol. The average molecular weight is 271 g/mol. The molecule has 2 amide bonds. The molecule has 4 N–H and O–H groups in total. The summed E-state index contributed by atoms with van der Waals surface area (Å²) < 4.78 is 0. The summed E-state index contributed by atoms with van der Waals surface area (Å²) in [6, 6.07) is 0. The van der Waals surface area contributed by atoms with E-state index < -0.39 is 23.8 Å². The number of amides is 2. The number of aliphatic carboxylic acids is 1. The summed E-state index contributed by atoms with van der Waals surface area (Å²) in [7, 11) is 0. The number of carboxylic acids is 1. The number of hydrogen-bond donors (Lipinski definition) is 4. The van der Waals surface area contributed by atoms with Crippen LogP contribution in [0.1, 0.15) is 20.3 Å². The summed E-state index contributed by atoms with van der Waals surface area (Å²) in [5.74, 6) is -1.60. The molecule has 0 aromatic carbocycles. The van der Waals surface area contributed by atoms with Crippen molar-refractivity contribution in [2.45, 2.75) is 20.3 Å². The SMILES string of the molecule is CC(C)C1(C(=O)NCC(=O)NCC(=O)O)CCNC1. The van der Waals surface area contributed by atoms with E-state index in [0.29, 0.717) is 6.54 Å². The van der Waals surface area contributed by atoms with Crippen molar-refractivity contribution in [2.75, 3.05) is 26.2 Å². The van der Waals surface area contributed by atoms with Crippen molar-refractivity contribution in [3.05, 3.63) is 0 Å². The maximum atomic E-state index is 12.2. The van der Waals surface area contributed by atoms with Crippen LogP contribution in [0, 0.1) is 11.3 Å². The van der Waals surface area contributed by atoms with Gasteiger partial charge in [0, 0.05) is 6.54 Å². The van der Waals surface area contributed by atoms with E-state index in [4.69, 9.17) is 5.11 Å². The molecular formula is C12H21N3O4. The van der Waals surface area contributed by atoms with Gasteiger partial charge in [-0.3, -0.25) is 14.4 Å². The lowest BCUT2D eigenvalue weighted by atomic mass is 9.75. The molecule has 0 aliphatic carbocycles. The van der Waals surface area contributed by atoms with E-state index in [0.717, 1.165) is 13.0 Å². The van der Waals surface area contributed by atoms with Crippen LogP contribution in [0.2, 0.25) is 0 Å². The standard InChI is InChI=1S/C12H21N3O4/c1-8(2)12(3-4-13-7-12)11(19)15-5-9(16)14-6-10(17)18/h8,13H,3-7H2,1-2H3,(H,14,16)(H,15,19)(H,17,18). The zero-order valence-electron chi connectivity index (χ0n) is 11.3. The Labute approximate surface area is 112 Å². The fourth-order valence-corrected chi connectivity index (χ4v) is 2.23. The lowest BCUT2D eigenvalue weighted by Crippen LogP contribution is -2.49. The zero-order chi connectivity index (χ0) is 14.5. The zero-order valence-corrected chi connectivity index (χ0v) is 11.3. The van der Waals surface area contributed by atoms with Crippen molar-refractivity contribution in [2.24, 2.45) is 11.3 Å². The fraction of sp³-hybridized carbons (Fsp3) is 0.750. The van der Waals surface area contributed by atoms with E-state index in [1.165, 1.54) is 0 Å². The van der Waals surface area contributed by atoms with Crippen molar-refractivity contribution in [1.82, 2.24) is 16.0 Å². The minimum absolute atomic E-state index is 0.155. The maximum Gasteiger partial charge on any atom is 0.322 e. The molecule has 1 rings (SSSR count). The third-order valence-corrected chi connectivity index (χ3v) is 3.59. The van der Waals surface area contributed by atoms with Crippen LogP contribution in [0.3, 0.4) is 0 Å². The lowest BCUT2D eigenvalue weighted by molar-refractivity contribution is -0.138. The minimum atomic E-state index is -1.11. The predicted molar refractivity (Wildman–Crippen MR) is 68.4 cm³/mol. The molecule has 0 spiro atoms. The largest absolute Gasteiger partial charge is 0.480 e. The maximum absolute atomic E-state index is 12.2. The molecule has 0 saturated carbocycles. The predicted octanol–water partition coefficient (Wildman–Crippen LogP) is -1.06. The van der Waals surface area contributed by atoms with Gasteiger partial charge in [0.1, 0.15) is 6.54 Å². The topological polar surface area (TPSA) is 108 Å². The van der Waals surface area contributed by atoms with Crippen LogP contribution in [0.4, 0.5) is 0 Å². The number of nitrogens with one attached hydrogen (secondary N) is 3. The molecule has 0 aromatic heterocycles. The van der Waals surface area contributed by atoms with Crippen LogP contribution < -0.4 is 16.0 Å². The quantitative estimate of drug-likeness (QED) is 0.492. The molecule has 1 aliphatic rings. The van der Waals surface area contributed by atoms with Crippen LogP contribution >= 0.6 is 0 Å². The first-order chi connectivity index (χ1) is 8.88. The molecule has 1 fully saturated rings. The van der Waals surface area contributed by atoms with Gasteiger partial charge in [-0.15, -0.1) is 0 Å². The van der Waals surface area contributed by atoms with Gasteiger partial charge in [-0.1, -0.05) is 13.8 Å². The van der Waals surface area contributed by atoms with Crippen LogP contribution in [0.15, 0.2) is 0 Å². The molecule has 7 heteroatoms. The van der Waals surface area contributed by atoms with E-state index in [9.17, 15) is 14.4 Å². The molecule has 1 atom stereocenters. The second-order valence-corrected chi connectivity index (χ2v) is 5.09. The van der Waals surface area contributed by atoms with Gasteiger partial charge in [0.25, 0.3) is 0 Å². The first kappa shape index (κ1) is 15.4. The van der Waals surface area contributed by atoms with Gasteiger partial charge in [-0.2, -0.15) is 0 Å². The Kier molecular flexibility index (Phi) is 5.29. The van der Waals surface area contributed by atoms with Crippen molar-refractivity contribution in [3.8, 4) is 0 Å². The van der Waals surface area contributed by atoms with Crippen LogP contribution in [-0.4, -0.2) is 49.1 Å².